The number of hydrogen-bond acceptors (Lipinski definition) is 4. The highest BCUT2D eigenvalue weighted by Gasteiger charge is 2.35. The lowest BCUT2D eigenvalue weighted by Gasteiger charge is -2.35. The maximum atomic E-state index is 13.2. The number of likely N-dealkylation sites (N-methyl/N-ethyl adjacent to an activating group) is 1. The van der Waals surface area contributed by atoms with Gasteiger partial charge < -0.3 is 19.7 Å². The van der Waals surface area contributed by atoms with Gasteiger partial charge >= 0.3 is 0 Å². The third-order valence-corrected chi connectivity index (χ3v) is 5.10. The zero-order valence-corrected chi connectivity index (χ0v) is 17.6. The number of anilines is 1. The molecule has 0 spiro atoms. The number of fused-ring (bicyclic) bond motifs is 1. The smallest absolute Gasteiger partial charge is 0.268 e. The van der Waals surface area contributed by atoms with Gasteiger partial charge in [-0.05, 0) is 55.2 Å². The molecule has 3 rings (SSSR count). The normalized spacial score (nSPS) is 16.6. The zero-order valence-electron chi connectivity index (χ0n) is 17.6. The number of rotatable bonds is 5. The molecular formula is C23H28N2O4. The lowest BCUT2D eigenvalue weighted by molar-refractivity contribution is -0.129. The number of nitrogens with zero attached hydrogens (tertiary/aromatic N) is 1. The summed E-state index contributed by atoms with van der Waals surface area (Å²) >= 11 is 0. The first-order chi connectivity index (χ1) is 13.8. The molecule has 0 bridgehead atoms. The highest BCUT2D eigenvalue weighted by molar-refractivity contribution is 5.99. The predicted octanol–water partition coefficient (Wildman–Crippen LogP) is 3.43. The van der Waals surface area contributed by atoms with E-state index in [4.69, 9.17) is 9.47 Å². The Morgan fingerprint density at radius 1 is 1.17 bits per heavy atom. The van der Waals surface area contributed by atoms with Crippen molar-refractivity contribution in [1.29, 1.82) is 0 Å². The largest absolute Gasteiger partial charge is 0.481 e. The third kappa shape index (κ3) is 4.36. The van der Waals surface area contributed by atoms with E-state index >= 15 is 0 Å². The van der Waals surface area contributed by atoms with Gasteiger partial charge in [-0.2, -0.15) is 0 Å². The van der Waals surface area contributed by atoms with Crippen molar-refractivity contribution >= 4 is 17.5 Å². The van der Waals surface area contributed by atoms with Crippen LogP contribution in [0.25, 0.3) is 0 Å². The Hall–Kier alpha value is -3.02. The van der Waals surface area contributed by atoms with Crippen molar-refractivity contribution in [2.75, 3.05) is 18.5 Å². The van der Waals surface area contributed by atoms with Crippen LogP contribution in [0.4, 0.5) is 5.69 Å². The number of carbonyl (C=O) groups is 2. The first-order valence-corrected chi connectivity index (χ1v) is 9.87. The van der Waals surface area contributed by atoms with Crippen molar-refractivity contribution in [2.45, 2.75) is 45.8 Å². The summed E-state index contributed by atoms with van der Waals surface area (Å²) in [4.78, 5) is 26.9. The molecule has 0 aliphatic carbocycles. The number of nitrogens with one attached hydrogen (secondary N) is 1. The summed E-state index contributed by atoms with van der Waals surface area (Å²) in [6, 6.07) is 13.1. The molecule has 1 N–H and O–H groups in total. The first kappa shape index (κ1) is 20.7. The Balaban J connectivity index is 1.81. The fourth-order valence-corrected chi connectivity index (χ4v) is 3.58. The molecule has 1 aliphatic rings. The van der Waals surface area contributed by atoms with Crippen molar-refractivity contribution in [2.24, 2.45) is 0 Å². The number of carbonyl (C=O) groups excluding carboxylic acids is 2. The van der Waals surface area contributed by atoms with Crippen molar-refractivity contribution < 1.29 is 19.1 Å². The molecule has 6 nitrogen and oxygen atoms in total. The predicted molar refractivity (Wildman–Crippen MR) is 113 cm³/mol. The van der Waals surface area contributed by atoms with Crippen molar-refractivity contribution in [3.63, 3.8) is 0 Å². The number of hydrogen-bond donors (Lipinski definition) is 1. The van der Waals surface area contributed by atoms with E-state index in [9.17, 15) is 9.59 Å². The van der Waals surface area contributed by atoms with Gasteiger partial charge in [0.05, 0.1) is 12.2 Å². The van der Waals surface area contributed by atoms with Crippen LogP contribution in [-0.4, -0.2) is 37.6 Å². The van der Waals surface area contributed by atoms with E-state index in [-0.39, 0.29) is 18.4 Å². The topological polar surface area (TPSA) is 67.9 Å². The summed E-state index contributed by atoms with van der Waals surface area (Å²) in [5.41, 5.74) is 3.03. The van der Waals surface area contributed by atoms with E-state index in [1.54, 1.807) is 24.9 Å². The molecule has 0 saturated heterocycles. The van der Waals surface area contributed by atoms with Gasteiger partial charge in [-0.15, -0.1) is 0 Å². The van der Waals surface area contributed by atoms with Crippen LogP contribution in [0.15, 0.2) is 42.5 Å². The minimum absolute atomic E-state index is 0.133. The first-order valence-electron chi connectivity index (χ1n) is 9.87. The Kier molecular flexibility index (Phi) is 6.11. The number of benzene rings is 2. The minimum Gasteiger partial charge on any atom is -0.481 e. The molecule has 0 aromatic heterocycles. The molecule has 154 valence electrons. The van der Waals surface area contributed by atoms with Crippen LogP contribution in [0, 0.1) is 6.92 Å². The van der Waals surface area contributed by atoms with Crippen LogP contribution < -0.4 is 19.7 Å². The Bertz CT molecular complexity index is 910. The van der Waals surface area contributed by atoms with Crippen LogP contribution >= 0.6 is 0 Å². The van der Waals surface area contributed by atoms with Gasteiger partial charge in [-0.1, -0.05) is 32.0 Å². The van der Waals surface area contributed by atoms with Crippen LogP contribution in [0.3, 0.4) is 0 Å². The maximum absolute atomic E-state index is 13.2. The standard InChI is InChI=1S/C23H28N2O4/c1-14(2)18-11-10-17(12-15(18)3)28-16(4)23(27)25-13-21(22(26)24-5)29-20-9-7-6-8-19(20)25/h6-12,14,16,21H,13H2,1-5H3,(H,24,26)/t16-,21-/m0/s1. The van der Waals surface area contributed by atoms with Gasteiger partial charge in [0.25, 0.3) is 11.8 Å². The van der Waals surface area contributed by atoms with Crippen LogP contribution in [0.2, 0.25) is 0 Å². The summed E-state index contributed by atoms with van der Waals surface area (Å²) < 4.78 is 11.7. The molecule has 0 saturated carbocycles. The van der Waals surface area contributed by atoms with Gasteiger partial charge in [-0.25, -0.2) is 0 Å². The van der Waals surface area contributed by atoms with Crippen LogP contribution in [-0.2, 0) is 9.59 Å². The monoisotopic (exact) mass is 396 g/mol. The molecule has 0 radical (unpaired) electrons. The second-order valence-corrected chi connectivity index (χ2v) is 7.57. The summed E-state index contributed by atoms with van der Waals surface area (Å²) in [6.45, 7) is 8.19. The van der Waals surface area contributed by atoms with E-state index in [0.29, 0.717) is 23.1 Å². The second-order valence-electron chi connectivity index (χ2n) is 7.57. The average molecular weight is 396 g/mol. The summed E-state index contributed by atoms with van der Waals surface area (Å²) in [5.74, 6) is 1.09. The van der Waals surface area contributed by atoms with Crippen molar-refractivity contribution in [3.8, 4) is 11.5 Å². The van der Waals surface area contributed by atoms with E-state index in [1.807, 2.05) is 43.3 Å². The van der Waals surface area contributed by atoms with Crippen molar-refractivity contribution in [3.05, 3.63) is 53.6 Å². The molecule has 2 aromatic rings. The highest BCUT2D eigenvalue weighted by Crippen LogP contribution is 2.34. The quantitative estimate of drug-likeness (QED) is 0.841. The summed E-state index contributed by atoms with van der Waals surface area (Å²) in [7, 11) is 1.55. The molecule has 0 fully saturated rings. The number of para-hydroxylation sites is 2. The van der Waals surface area contributed by atoms with Gasteiger partial charge in [-0.3, -0.25) is 9.59 Å². The van der Waals surface area contributed by atoms with Gasteiger partial charge in [0.2, 0.25) is 0 Å². The van der Waals surface area contributed by atoms with Gasteiger partial charge in [0, 0.05) is 7.05 Å². The lowest BCUT2D eigenvalue weighted by Crippen LogP contribution is -2.52. The van der Waals surface area contributed by atoms with Gasteiger partial charge in [0.1, 0.15) is 11.5 Å². The van der Waals surface area contributed by atoms with E-state index in [1.165, 1.54) is 5.56 Å². The van der Waals surface area contributed by atoms with Crippen LogP contribution in [0.1, 0.15) is 37.8 Å². The zero-order chi connectivity index (χ0) is 21.1. The molecular weight excluding hydrogens is 368 g/mol. The summed E-state index contributed by atoms with van der Waals surface area (Å²) in [5, 5.41) is 2.58. The average Bonchev–Trinajstić information content (AvgIpc) is 2.71. The van der Waals surface area contributed by atoms with Crippen LogP contribution in [0.5, 0.6) is 11.5 Å². The fourth-order valence-electron chi connectivity index (χ4n) is 3.58. The molecule has 1 heterocycles. The second kappa shape index (κ2) is 8.55. The molecule has 0 unspecified atom stereocenters. The third-order valence-electron chi connectivity index (χ3n) is 5.10. The SMILES string of the molecule is CNC(=O)[C@@H]1CN(C(=O)[C@H](C)Oc2ccc(C(C)C)c(C)c2)c2ccccc2O1. The fraction of sp³-hybridized carbons (Fsp3) is 0.391. The molecule has 2 aromatic carbocycles. The Morgan fingerprint density at radius 2 is 1.90 bits per heavy atom. The molecule has 1 aliphatic heterocycles. The Labute approximate surface area is 171 Å². The summed E-state index contributed by atoms with van der Waals surface area (Å²) in [6.07, 6.45) is -1.48. The highest BCUT2D eigenvalue weighted by atomic mass is 16.5. The number of aryl methyl sites for hydroxylation is 1. The molecule has 29 heavy (non-hydrogen) atoms. The van der Waals surface area contributed by atoms with E-state index < -0.39 is 12.2 Å². The lowest BCUT2D eigenvalue weighted by atomic mass is 9.98. The van der Waals surface area contributed by atoms with E-state index in [0.717, 1.165) is 5.56 Å². The number of amides is 2. The Morgan fingerprint density at radius 3 is 2.55 bits per heavy atom. The van der Waals surface area contributed by atoms with Crippen molar-refractivity contribution in [1.82, 2.24) is 5.32 Å². The van der Waals surface area contributed by atoms with E-state index in [2.05, 4.69) is 19.2 Å². The van der Waals surface area contributed by atoms with Gasteiger partial charge in [0.15, 0.2) is 12.2 Å². The number of ether oxygens (including phenoxy) is 2. The molecule has 6 heteroatoms. The molecule has 2 atom stereocenters. The maximum Gasteiger partial charge on any atom is 0.268 e. The minimum atomic E-state index is -0.765. The molecule has 2 amide bonds.